The summed E-state index contributed by atoms with van der Waals surface area (Å²) in [4.78, 5) is 5.12. The molecular formula is C21H34N2. The maximum atomic E-state index is 2.57. The molecule has 2 heteroatoms. The largest absolute Gasteiger partial charge is 0.369 e. The first kappa shape index (κ1) is 18.1. The van der Waals surface area contributed by atoms with Crippen molar-refractivity contribution in [2.75, 3.05) is 26.2 Å². The van der Waals surface area contributed by atoms with Crippen LogP contribution in [0.4, 0.5) is 0 Å². The van der Waals surface area contributed by atoms with Crippen molar-refractivity contribution < 1.29 is 0 Å². The smallest absolute Gasteiger partial charge is 0.0400 e. The summed E-state index contributed by atoms with van der Waals surface area (Å²) in [5.41, 5.74) is 5.79. The third-order valence-corrected chi connectivity index (χ3v) is 5.03. The molecule has 2 rings (SSSR count). The number of piperazine rings is 1. The Labute approximate surface area is 143 Å². The van der Waals surface area contributed by atoms with Crippen molar-refractivity contribution >= 4 is 5.70 Å². The van der Waals surface area contributed by atoms with E-state index in [2.05, 4.69) is 82.5 Å². The van der Waals surface area contributed by atoms with Crippen LogP contribution in [0.25, 0.3) is 5.70 Å². The molecule has 1 saturated heterocycles. The van der Waals surface area contributed by atoms with Gasteiger partial charge in [0.15, 0.2) is 0 Å². The molecule has 128 valence electrons. The second-order valence-electron chi connectivity index (χ2n) is 8.07. The molecule has 0 radical (unpaired) electrons. The van der Waals surface area contributed by atoms with E-state index in [0.717, 1.165) is 26.2 Å². The van der Waals surface area contributed by atoms with Crippen LogP contribution < -0.4 is 0 Å². The number of benzene rings is 1. The molecule has 0 bridgehead atoms. The zero-order valence-corrected chi connectivity index (χ0v) is 16.1. The lowest BCUT2D eigenvalue weighted by molar-refractivity contribution is 0.143. The third-order valence-electron chi connectivity index (χ3n) is 5.03. The molecule has 0 aromatic heterocycles. The lowest BCUT2D eigenvalue weighted by Gasteiger charge is -2.39. The maximum Gasteiger partial charge on any atom is 0.0400 e. The fourth-order valence-electron chi connectivity index (χ4n) is 3.41. The van der Waals surface area contributed by atoms with Crippen LogP contribution >= 0.6 is 0 Å². The first-order valence-corrected chi connectivity index (χ1v) is 9.01. The lowest BCUT2D eigenvalue weighted by atomic mass is 9.85. The summed E-state index contributed by atoms with van der Waals surface area (Å²) >= 11 is 0. The van der Waals surface area contributed by atoms with E-state index < -0.39 is 0 Å². The van der Waals surface area contributed by atoms with Crippen LogP contribution in [0, 0.1) is 6.92 Å². The van der Waals surface area contributed by atoms with E-state index in [4.69, 9.17) is 0 Å². The molecular weight excluding hydrogens is 280 g/mol. The van der Waals surface area contributed by atoms with E-state index >= 15 is 0 Å². The molecule has 0 atom stereocenters. The Balaban J connectivity index is 2.20. The van der Waals surface area contributed by atoms with Crippen molar-refractivity contribution in [2.24, 2.45) is 0 Å². The van der Waals surface area contributed by atoms with Crippen molar-refractivity contribution in [2.45, 2.75) is 59.9 Å². The van der Waals surface area contributed by atoms with Gasteiger partial charge in [-0.25, -0.2) is 0 Å². The minimum atomic E-state index is 0.211. The number of rotatable bonds is 3. The van der Waals surface area contributed by atoms with Gasteiger partial charge in [0, 0.05) is 43.5 Å². The Morgan fingerprint density at radius 1 is 1.09 bits per heavy atom. The van der Waals surface area contributed by atoms with Gasteiger partial charge < -0.3 is 4.90 Å². The van der Waals surface area contributed by atoms with E-state index in [1.54, 1.807) is 0 Å². The second kappa shape index (κ2) is 7.09. The number of aryl methyl sites for hydroxylation is 1. The van der Waals surface area contributed by atoms with Crippen LogP contribution in [0.3, 0.4) is 0 Å². The fraction of sp³-hybridized carbons (Fsp3) is 0.619. The van der Waals surface area contributed by atoms with Crippen molar-refractivity contribution in [1.29, 1.82) is 0 Å². The van der Waals surface area contributed by atoms with Crippen molar-refractivity contribution in [3.8, 4) is 0 Å². The number of allylic oxidation sites excluding steroid dienone is 1. The van der Waals surface area contributed by atoms with Gasteiger partial charge in [-0.15, -0.1) is 0 Å². The van der Waals surface area contributed by atoms with Crippen LogP contribution in [0.1, 0.15) is 58.2 Å². The summed E-state index contributed by atoms with van der Waals surface area (Å²) in [6, 6.07) is 7.64. The Kier molecular flexibility index (Phi) is 5.57. The monoisotopic (exact) mass is 314 g/mol. The predicted octanol–water partition coefficient (Wildman–Crippen LogP) is 4.68. The second-order valence-corrected chi connectivity index (χ2v) is 8.07. The topological polar surface area (TPSA) is 6.48 Å². The van der Waals surface area contributed by atoms with Gasteiger partial charge in [-0.3, -0.25) is 4.90 Å². The van der Waals surface area contributed by atoms with Crippen molar-refractivity contribution in [3.63, 3.8) is 0 Å². The molecule has 23 heavy (non-hydrogen) atoms. The fourth-order valence-corrected chi connectivity index (χ4v) is 3.41. The molecule has 0 unspecified atom stereocenters. The van der Waals surface area contributed by atoms with E-state index in [9.17, 15) is 0 Å². The Morgan fingerprint density at radius 3 is 2.13 bits per heavy atom. The number of hydrogen-bond donors (Lipinski definition) is 0. The van der Waals surface area contributed by atoms with Crippen LogP contribution in [0.2, 0.25) is 0 Å². The number of nitrogens with zero attached hydrogens (tertiary/aromatic N) is 2. The van der Waals surface area contributed by atoms with Gasteiger partial charge in [0.1, 0.15) is 0 Å². The van der Waals surface area contributed by atoms with Crippen LogP contribution in [0.5, 0.6) is 0 Å². The van der Waals surface area contributed by atoms with Crippen LogP contribution in [-0.2, 0) is 5.41 Å². The highest BCUT2D eigenvalue weighted by Crippen LogP contribution is 2.29. The molecule has 1 aromatic rings. The molecule has 1 fully saturated rings. The summed E-state index contributed by atoms with van der Waals surface area (Å²) in [5, 5.41) is 0. The van der Waals surface area contributed by atoms with E-state index in [-0.39, 0.29) is 5.41 Å². The molecule has 0 spiro atoms. The summed E-state index contributed by atoms with van der Waals surface area (Å²) in [5.74, 6) is 0. The van der Waals surface area contributed by atoms with Crippen LogP contribution in [-0.4, -0.2) is 42.0 Å². The molecule has 2 nitrogen and oxygen atoms in total. The highest BCUT2D eigenvalue weighted by atomic mass is 15.3. The Morgan fingerprint density at radius 2 is 1.70 bits per heavy atom. The average molecular weight is 315 g/mol. The van der Waals surface area contributed by atoms with Crippen molar-refractivity contribution in [3.05, 3.63) is 41.0 Å². The normalized spacial score (nSPS) is 17.9. The average Bonchev–Trinajstić information content (AvgIpc) is 2.49. The number of hydrogen-bond acceptors (Lipinski definition) is 2. The molecule has 0 N–H and O–H groups in total. The minimum Gasteiger partial charge on any atom is -0.369 e. The quantitative estimate of drug-likeness (QED) is 0.799. The molecule has 1 aliphatic heterocycles. The predicted molar refractivity (Wildman–Crippen MR) is 102 cm³/mol. The van der Waals surface area contributed by atoms with E-state index in [0.29, 0.717) is 6.04 Å². The van der Waals surface area contributed by atoms with E-state index in [1.807, 2.05) is 0 Å². The summed E-state index contributed by atoms with van der Waals surface area (Å²) in [6.07, 6.45) is 2.28. The minimum absolute atomic E-state index is 0.211. The van der Waals surface area contributed by atoms with Gasteiger partial charge in [-0.2, -0.15) is 0 Å². The highest BCUT2D eigenvalue weighted by molar-refractivity contribution is 5.67. The summed E-state index contributed by atoms with van der Waals surface area (Å²) in [7, 11) is 0. The molecule has 0 aliphatic carbocycles. The molecule has 0 saturated carbocycles. The zero-order valence-electron chi connectivity index (χ0n) is 16.1. The van der Waals surface area contributed by atoms with Gasteiger partial charge in [-0.05, 0) is 44.2 Å². The van der Waals surface area contributed by atoms with Gasteiger partial charge >= 0.3 is 0 Å². The lowest BCUT2D eigenvalue weighted by Crippen LogP contribution is -2.48. The molecule has 0 amide bonds. The van der Waals surface area contributed by atoms with Gasteiger partial charge in [-0.1, -0.05) is 45.0 Å². The van der Waals surface area contributed by atoms with E-state index in [1.165, 1.54) is 22.4 Å². The maximum absolute atomic E-state index is 2.57. The van der Waals surface area contributed by atoms with Crippen LogP contribution in [0.15, 0.2) is 24.3 Å². The summed E-state index contributed by atoms with van der Waals surface area (Å²) in [6.45, 7) is 20.4. The van der Waals surface area contributed by atoms with Gasteiger partial charge in [0.2, 0.25) is 0 Å². The Bertz CT molecular complexity index is 556. The third kappa shape index (κ3) is 4.17. The Hall–Kier alpha value is -1.28. The first-order valence-electron chi connectivity index (χ1n) is 9.01. The SMILES string of the molecule is C/C=C(\c1ccc(C(C)(C)C)cc1C)N1CCN(C(C)C)CC1. The highest BCUT2D eigenvalue weighted by Gasteiger charge is 2.22. The molecule has 1 aromatic carbocycles. The van der Waals surface area contributed by atoms with Gasteiger partial charge in [0.05, 0.1) is 0 Å². The molecule has 1 heterocycles. The standard InChI is InChI=1S/C21H34N2/c1-8-20(23-13-11-22(12-14-23)16(2)3)19-10-9-18(15-17(19)4)21(5,6)7/h8-10,15-16H,11-14H2,1-7H3/b20-8+. The summed E-state index contributed by atoms with van der Waals surface area (Å²) < 4.78 is 0. The zero-order chi connectivity index (χ0) is 17.2. The molecule has 1 aliphatic rings. The first-order chi connectivity index (χ1) is 10.7. The van der Waals surface area contributed by atoms with Crippen molar-refractivity contribution in [1.82, 2.24) is 9.80 Å². The van der Waals surface area contributed by atoms with Gasteiger partial charge in [0.25, 0.3) is 0 Å².